The first kappa shape index (κ1) is 27.0. The molecular formula is C21H22BrF3N2O5. The first-order valence-corrected chi connectivity index (χ1v) is 10.1. The number of aromatic carboxylic acids is 1. The number of carboxylic acids is 2. The Balaban J connectivity index is 0.000000633. The average molecular weight is 519 g/mol. The van der Waals surface area contributed by atoms with E-state index >= 15 is 0 Å². The summed E-state index contributed by atoms with van der Waals surface area (Å²) in [6, 6.07) is 11.9. The normalized spacial score (nSPS) is 10.6. The van der Waals surface area contributed by atoms with Crippen molar-refractivity contribution < 1.29 is 37.8 Å². The van der Waals surface area contributed by atoms with Gasteiger partial charge in [0.1, 0.15) is 0 Å². The van der Waals surface area contributed by atoms with Gasteiger partial charge in [-0.15, -0.1) is 0 Å². The van der Waals surface area contributed by atoms with Gasteiger partial charge in [0.05, 0.1) is 11.3 Å². The highest BCUT2D eigenvalue weighted by Gasteiger charge is 2.38. The summed E-state index contributed by atoms with van der Waals surface area (Å²) >= 11 is 3.32. The smallest absolute Gasteiger partial charge is 0.478 e. The van der Waals surface area contributed by atoms with Gasteiger partial charge in [-0.05, 0) is 48.9 Å². The summed E-state index contributed by atoms with van der Waals surface area (Å²) in [6.45, 7) is 2.96. The molecule has 0 radical (unpaired) electrons. The number of anilines is 2. The van der Waals surface area contributed by atoms with Crippen molar-refractivity contribution in [3.05, 3.63) is 58.1 Å². The number of hydrogen-bond acceptors (Lipinski definition) is 4. The summed E-state index contributed by atoms with van der Waals surface area (Å²) in [5.74, 6) is -4.17. The van der Waals surface area contributed by atoms with E-state index in [4.69, 9.17) is 9.90 Å². The fraction of sp³-hybridized carbons (Fsp3) is 0.286. The molecule has 0 aliphatic rings. The quantitative estimate of drug-likeness (QED) is 0.460. The van der Waals surface area contributed by atoms with Crippen LogP contribution in [0.3, 0.4) is 0 Å². The van der Waals surface area contributed by atoms with Gasteiger partial charge in [-0.3, -0.25) is 4.79 Å². The number of carbonyl (C=O) groups is 3. The SMILES string of the molecule is CCCCN(C)c1ccc(NC(=O)c2ccc(Br)cc2)c(C(=O)O)c1.O=C(O)C(F)(F)F. The predicted octanol–water partition coefficient (Wildman–Crippen LogP) is 5.27. The standard InChI is InChI=1S/C19H21BrN2O3.C2HF3O2/c1-3-4-11-22(2)15-9-10-17(16(12-15)19(24)25)21-18(23)13-5-7-14(20)8-6-13;3-2(4,5)1(6)7/h5-10,12H,3-4,11H2,1-2H3,(H,21,23)(H,24,25);(H,6,7). The van der Waals surface area contributed by atoms with E-state index in [1.807, 2.05) is 18.0 Å². The lowest BCUT2D eigenvalue weighted by atomic mass is 10.1. The Bertz CT molecular complexity index is 949. The van der Waals surface area contributed by atoms with Crippen LogP contribution in [0.25, 0.3) is 0 Å². The maximum Gasteiger partial charge on any atom is 0.490 e. The highest BCUT2D eigenvalue weighted by atomic mass is 79.9. The third-order valence-corrected chi connectivity index (χ3v) is 4.65. The molecule has 0 saturated heterocycles. The van der Waals surface area contributed by atoms with Crippen molar-refractivity contribution in [1.29, 1.82) is 0 Å². The van der Waals surface area contributed by atoms with Crippen molar-refractivity contribution in [3.63, 3.8) is 0 Å². The number of aliphatic carboxylic acids is 1. The summed E-state index contributed by atoms with van der Waals surface area (Å²) < 4.78 is 32.6. The van der Waals surface area contributed by atoms with E-state index in [2.05, 4.69) is 28.2 Å². The molecule has 0 spiro atoms. The molecular weight excluding hydrogens is 497 g/mol. The largest absolute Gasteiger partial charge is 0.490 e. The zero-order chi connectivity index (χ0) is 24.5. The van der Waals surface area contributed by atoms with Crippen LogP contribution < -0.4 is 10.2 Å². The molecule has 0 unspecified atom stereocenters. The lowest BCUT2D eigenvalue weighted by molar-refractivity contribution is -0.192. The molecule has 0 atom stereocenters. The Morgan fingerprint density at radius 1 is 1.06 bits per heavy atom. The molecule has 3 N–H and O–H groups in total. The molecule has 32 heavy (non-hydrogen) atoms. The van der Waals surface area contributed by atoms with Crippen molar-refractivity contribution in [2.45, 2.75) is 25.9 Å². The molecule has 1 amide bonds. The Morgan fingerprint density at radius 3 is 2.09 bits per heavy atom. The van der Waals surface area contributed by atoms with E-state index < -0.39 is 18.1 Å². The highest BCUT2D eigenvalue weighted by molar-refractivity contribution is 9.10. The Kier molecular flexibility index (Phi) is 10.2. The van der Waals surface area contributed by atoms with Gasteiger partial charge in [-0.1, -0.05) is 29.3 Å². The molecule has 0 heterocycles. The monoisotopic (exact) mass is 518 g/mol. The molecule has 2 rings (SSSR count). The minimum absolute atomic E-state index is 0.0753. The lowest BCUT2D eigenvalue weighted by Gasteiger charge is -2.20. The van der Waals surface area contributed by atoms with Crippen LogP contribution in [0.1, 0.15) is 40.5 Å². The van der Waals surface area contributed by atoms with Gasteiger partial charge in [0, 0.05) is 29.3 Å². The van der Waals surface area contributed by atoms with E-state index in [-0.39, 0.29) is 17.2 Å². The number of rotatable bonds is 7. The zero-order valence-corrected chi connectivity index (χ0v) is 18.8. The highest BCUT2D eigenvalue weighted by Crippen LogP contribution is 2.24. The summed E-state index contributed by atoms with van der Waals surface area (Å²) in [7, 11) is 1.93. The molecule has 0 fully saturated rings. The van der Waals surface area contributed by atoms with Crippen molar-refractivity contribution in [1.82, 2.24) is 0 Å². The second kappa shape index (κ2) is 12.1. The predicted molar refractivity (Wildman–Crippen MR) is 117 cm³/mol. The first-order valence-electron chi connectivity index (χ1n) is 9.32. The number of hydrogen-bond donors (Lipinski definition) is 3. The molecule has 0 aliphatic carbocycles. The van der Waals surface area contributed by atoms with E-state index in [0.717, 1.165) is 29.5 Å². The zero-order valence-electron chi connectivity index (χ0n) is 17.2. The molecule has 2 aromatic carbocycles. The van der Waals surface area contributed by atoms with E-state index in [1.54, 1.807) is 36.4 Å². The molecule has 7 nitrogen and oxygen atoms in total. The Labute approximate surface area is 191 Å². The van der Waals surface area contributed by atoms with E-state index in [9.17, 15) is 27.9 Å². The van der Waals surface area contributed by atoms with Crippen molar-refractivity contribution in [2.24, 2.45) is 0 Å². The fourth-order valence-electron chi connectivity index (χ4n) is 2.38. The van der Waals surface area contributed by atoms with Crippen LogP contribution in [-0.2, 0) is 4.79 Å². The molecule has 2 aromatic rings. The maximum absolute atomic E-state index is 12.3. The third kappa shape index (κ3) is 8.58. The van der Waals surface area contributed by atoms with Crippen LogP contribution in [0.15, 0.2) is 46.9 Å². The summed E-state index contributed by atoms with van der Waals surface area (Å²) in [4.78, 5) is 34.8. The lowest BCUT2D eigenvalue weighted by Crippen LogP contribution is -2.21. The molecule has 0 bridgehead atoms. The van der Waals surface area contributed by atoms with E-state index in [0.29, 0.717) is 5.56 Å². The van der Waals surface area contributed by atoms with Gasteiger partial charge in [0.15, 0.2) is 0 Å². The number of carbonyl (C=O) groups excluding carboxylic acids is 1. The minimum atomic E-state index is -5.08. The summed E-state index contributed by atoms with van der Waals surface area (Å²) in [6.07, 6.45) is -2.99. The van der Waals surface area contributed by atoms with Crippen molar-refractivity contribution in [3.8, 4) is 0 Å². The van der Waals surface area contributed by atoms with Gasteiger partial charge in [-0.2, -0.15) is 13.2 Å². The second-order valence-electron chi connectivity index (χ2n) is 6.57. The van der Waals surface area contributed by atoms with Gasteiger partial charge >= 0.3 is 18.1 Å². The summed E-state index contributed by atoms with van der Waals surface area (Å²) in [5.41, 5.74) is 1.63. The first-order chi connectivity index (χ1) is 14.9. The van der Waals surface area contributed by atoms with Crippen LogP contribution in [-0.4, -0.2) is 47.8 Å². The van der Waals surface area contributed by atoms with Gasteiger partial charge < -0.3 is 20.4 Å². The fourth-order valence-corrected chi connectivity index (χ4v) is 2.64. The van der Waals surface area contributed by atoms with Crippen LogP contribution in [0.5, 0.6) is 0 Å². The number of halogens is 4. The minimum Gasteiger partial charge on any atom is -0.478 e. The number of nitrogens with zero attached hydrogens (tertiary/aromatic N) is 1. The number of unbranched alkanes of at least 4 members (excludes halogenated alkanes) is 1. The van der Waals surface area contributed by atoms with Gasteiger partial charge in [0.2, 0.25) is 0 Å². The average Bonchev–Trinajstić information content (AvgIpc) is 2.72. The van der Waals surface area contributed by atoms with Gasteiger partial charge in [-0.25, -0.2) is 9.59 Å². The summed E-state index contributed by atoms with van der Waals surface area (Å²) in [5, 5.41) is 19.3. The van der Waals surface area contributed by atoms with Crippen molar-refractivity contribution in [2.75, 3.05) is 23.8 Å². The molecule has 0 saturated carbocycles. The molecule has 174 valence electrons. The van der Waals surface area contributed by atoms with Crippen LogP contribution in [0, 0.1) is 0 Å². The molecule has 0 aliphatic heterocycles. The van der Waals surface area contributed by atoms with Crippen LogP contribution >= 0.6 is 15.9 Å². The number of benzene rings is 2. The van der Waals surface area contributed by atoms with E-state index in [1.165, 1.54) is 0 Å². The number of amides is 1. The third-order valence-electron chi connectivity index (χ3n) is 4.12. The molecule has 11 heteroatoms. The number of alkyl halides is 3. The Morgan fingerprint density at radius 2 is 1.62 bits per heavy atom. The topological polar surface area (TPSA) is 107 Å². The van der Waals surface area contributed by atoms with Crippen molar-refractivity contribution >= 4 is 45.2 Å². The van der Waals surface area contributed by atoms with Gasteiger partial charge in [0.25, 0.3) is 5.91 Å². The van der Waals surface area contributed by atoms with Crippen LogP contribution in [0.2, 0.25) is 0 Å². The maximum atomic E-state index is 12.3. The second-order valence-corrected chi connectivity index (χ2v) is 7.49. The van der Waals surface area contributed by atoms with Crippen LogP contribution in [0.4, 0.5) is 24.5 Å². The number of nitrogens with one attached hydrogen (secondary N) is 1. The Hall–Kier alpha value is -3.08. The number of carboxylic acid groups (broad SMARTS) is 2. The molecule has 0 aromatic heterocycles.